The Kier molecular flexibility index (Phi) is 3.74. The van der Waals surface area contributed by atoms with Crippen molar-refractivity contribution < 1.29 is 19.5 Å². The number of nitrogens with zero attached hydrogens (tertiary/aromatic N) is 1. The molecule has 0 aromatic rings. The van der Waals surface area contributed by atoms with E-state index in [9.17, 15) is 14.8 Å². The van der Waals surface area contributed by atoms with Crippen LogP contribution in [0.2, 0.25) is 0 Å². The first kappa shape index (κ1) is 12.8. The molecular formula is C10H18N2O4. The second-order valence-electron chi connectivity index (χ2n) is 4.80. The zero-order valence-electron chi connectivity index (χ0n) is 9.82. The van der Waals surface area contributed by atoms with E-state index in [-0.39, 0.29) is 0 Å². The van der Waals surface area contributed by atoms with Crippen LogP contribution in [-0.4, -0.2) is 40.5 Å². The summed E-state index contributed by atoms with van der Waals surface area (Å²) in [6.07, 6.45) is 0.541. The first-order chi connectivity index (χ1) is 7.29. The Morgan fingerprint density at radius 2 is 2.19 bits per heavy atom. The molecule has 0 aromatic heterocycles. The fourth-order valence-electron chi connectivity index (χ4n) is 1.44. The highest BCUT2D eigenvalue weighted by Gasteiger charge is 2.30. The lowest BCUT2D eigenvalue weighted by Gasteiger charge is -2.28. The molecule has 2 N–H and O–H groups in total. The summed E-state index contributed by atoms with van der Waals surface area (Å²) in [6.45, 7) is 5.54. The SMILES string of the molecule is CC(C)(C)OC(=O)NC1CCCN(O)C1=O. The molecule has 0 spiro atoms. The van der Waals surface area contributed by atoms with Crippen molar-refractivity contribution in [3.05, 3.63) is 0 Å². The van der Waals surface area contributed by atoms with Crippen LogP contribution in [0.5, 0.6) is 0 Å². The molecule has 1 fully saturated rings. The average molecular weight is 230 g/mol. The summed E-state index contributed by atoms with van der Waals surface area (Å²) < 4.78 is 5.02. The Bertz CT molecular complexity index is 285. The van der Waals surface area contributed by atoms with Crippen LogP contribution in [0.3, 0.4) is 0 Å². The van der Waals surface area contributed by atoms with E-state index in [1.807, 2.05) is 0 Å². The van der Waals surface area contributed by atoms with Crippen molar-refractivity contribution >= 4 is 12.0 Å². The van der Waals surface area contributed by atoms with Gasteiger partial charge in [-0.05, 0) is 33.6 Å². The van der Waals surface area contributed by atoms with E-state index < -0.39 is 23.6 Å². The lowest BCUT2D eigenvalue weighted by Crippen LogP contribution is -2.51. The third kappa shape index (κ3) is 3.69. The fourth-order valence-corrected chi connectivity index (χ4v) is 1.44. The molecule has 1 atom stereocenters. The highest BCUT2D eigenvalue weighted by Crippen LogP contribution is 2.11. The van der Waals surface area contributed by atoms with Crippen molar-refractivity contribution in [3.8, 4) is 0 Å². The molecule has 0 aliphatic carbocycles. The Hall–Kier alpha value is -1.30. The Morgan fingerprint density at radius 3 is 2.75 bits per heavy atom. The van der Waals surface area contributed by atoms with E-state index in [1.165, 1.54) is 0 Å². The predicted octanol–water partition coefficient (Wildman–Crippen LogP) is 0.891. The Balaban J connectivity index is 2.47. The highest BCUT2D eigenvalue weighted by molar-refractivity contribution is 5.85. The molecule has 2 amide bonds. The number of carbonyl (C=O) groups is 2. The molecule has 1 unspecified atom stereocenters. The van der Waals surface area contributed by atoms with Crippen LogP contribution in [0.25, 0.3) is 0 Å². The number of alkyl carbamates (subject to hydrolysis) is 1. The topological polar surface area (TPSA) is 78.9 Å². The van der Waals surface area contributed by atoms with E-state index >= 15 is 0 Å². The molecule has 1 saturated heterocycles. The van der Waals surface area contributed by atoms with E-state index in [1.54, 1.807) is 20.8 Å². The molecule has 6 nitrogen and oxygen atoms in total. The van der Waals surface area contributed by atoms with E-state index in [0.717, 1.165) is 0 Å². The molecule has 0 saturated carbocycles. The molecule has 92 valence electrons. The maximum atomic E-state index is 11.4. The summed E-state index contributed by atoms with van der Waals surface area (Å²) in [5.74, 6) is -0.489. The summed E-state index contributed by atoms with van der Waals surface area (Å²) in [4.78, 5) is 22.8. The molecule has 0 radical (unpaired) electrons. The van der Waals surface area contributed by atoms with Crippen LogP contribution in [0.4, 0.5) is 4.79 Å². The number of nitrogens with one attached hydrogen (secondary N) is 1. The van der Waals surface area contributed by atoms with Gasteiger partial charge in [0, 0.05) is 6.54 Å². The number of ether oxygens (including phenoxy) is 1. The summed E-state index contributed by atoms with van der Waals surface area (Å²) in [6, 6.07) is -0.686. The quantitative estimate of drug-likeness (QED) is 0.656. The van der Waals surface area contributed by atoms with Crippen molar-refractivity contribution in [3.63, 3.8) is 0 Å². The number of rotatable bonds is 1. The molecule has 1 aliphatic heterocycles. The monoisotopic (exact) mass is 230 g/mol. The molecule has 1 aliphatic rings. The zero-order chi connectivity index (χ0) is 12.3. The van der Waals surface area contributed by atoms with Gasteiger partial charge in [-0.3, -0.25) is 10.0 Å². The van der Waals surface area contributed by atoms with Crippen LogP contribution in [0.15, 0.2) is 0 Å². The van der Waals surface area contributed by atoms with E-state index in [0.29, 0.717) is 24.4 Å². The molecule has 1 heterocycles. The molecule has 0 aromatic carbocycles. The number of amides is 2. The molecular weight excluding hydrogens is 212 g/mol. The number of hydrogen-bond donors (Lipinski definition) is 2. The molecule has 0 bridgehead atoms. The van der Waals surface area contributed by atoms with Crippen LogP contribution >= 0.6 is 0 Å². The summed E-state index contributed by atoms with van der Waals surface area (Å²) >= 11 is 0. The summed E-state index contributed by atoms with van der Waals surface area (Å²) in [5.41, 5.74) is -0.597. The number of hydroxylamine groups is 2. The lowest BCUT2D eigenvalue weighted by molar-refractivity contribution is -0.172. The Labute approximate surface area is 94.5 Å². The maximum Gasteiger partial charge on any atom is 0.408 e. The number of carbonyl (C=O) groups excluding carboxylic acids is 2. The standard InChI is InChI=1S/C10H18N2O4/c1-10(2,3)16-9(14)11-7-5-4-6-12(15)8(7)13/h7,15H,4-6H2,1-3H3,(H,11,14). The first-order valence-electron chi connectivity index (χ1n) is 5.29. The molecule has 6 heteroatoms. The Morgan fingerprint density at radius 1 is 1.56 bits per heavy atom. The van der Waals surface area contributed by atoms with Gasteiger partial charge in [0.1, 0.15) is 11.6 Å². The third-order valence-electron chi connectivity index (χ3n) is 2.11. The van der Waals surface area contributed by atoms with Gasteiger partial charge in [-0.2, -0.15) is 0 Å². The fraction of sp³-hybridized carbons (Fsp3) is 0.800. The minimum atomic E-state index is -0.686. The largest absolute Gasteiger partial charge is 0.444 e. The van der Waals surface area contributed by atoms with Gasteiger partial charge in [-0.25, -0.2) is 9.86 Å². The average Bonchev–Trinajstić information content (AvgIpc) is 2.09. The zero-order valence-corrected chi connectivity index (χ0v) is 9.82. The molecule has 16 heavy (non-hydrogen) atoms. The molecule has 1 rings (SSSR count). The van der Waals surface area contributed by atoms with Gasteiger partial charge in [0.25, 0.3) is 5.91 Å². The van der Waals surface area contributed by atoms with Gasteiger partial charge in [0.2, 0.25) is 0 Å². The summed E-state index contributed by atoms with van der Waals surface area (Å²) in [5, 5.41) is 12.3. The second kappa shape index (κ2) is 4.69. The predicted molar refractivity (Wildman–Crippen MR) is 55.9 cm³/mol. The van der Waals surface area contributed by atoms with Crippen molar-refractivity contribution in [2.24, 2.45) is 0 Å². The summed E-state index contributed by atoms with van der Waals surface area (Å²) in [7, 11) is 0. The second-order valence-corrected chi connectivity index (χ2v) is 4.80. The van der Waals surface area contributed by atoms with Crippen molar-refractivity contribution in [2.75, 3.05) is 6.54 Å². The van der Waals surface area contributed by atoms with Crippen LogP contribution in [-0.2, 0) is 9.53 Å². The van der Waals surface area contributed by atoms with Crippen LogP contribution < -0.4 is 5.32 Å². The van der Waals surface area contributed by atoms with Crippen LogP contribution in [0.1, 0.15) is 33.6 Å². The normalized spacial score (nSPS) is 21.9. The first-order valence-corrected chi connectivity index (χ1v) is 5.29. The highest BCUT2D eigenvalue weighted by atomic mass is 16.6. The van der Waals surface area contributed by atoms with Crippen molar-refractivity contribution in [1.82, 2.24) is 10.4 Å². The van der Waals surface area contributed by atoms with Gasteiger partial charge >= 0.3 is 6.09 Å². The van der Waals surface area contributed by atoms with E-state index in [4.69, 9.17) is 4.74 Å². The van der Waals surface area contributed by atoms with Crippen molar-refractivity contribution in [2.45, 2.75) is 45.3 Å². The van der Waals surface area contributed by atoms with Gasteiger partial charge < -0.3 is 10.1 Å². The minimum Gasteiger partial charge on any atom is -0.444 e. The number of hydrogen-bond acceptors (Lipinski definition) is 4. The van der Waals surface area contributed by atoms with E-state index in [2.05, 4.69) is 5.32 Å². The minimum absolute atomic E-state index is 0.311. The van der Waals surface area contributed by atoms with Crippen molar-refractivity contribution in [1.29, 1.82) is 0 Å². The van der Waals surface area contributed by atoms with Gasteiger partial charge in [-0.15, -0.1) is 0 Å². The number of piperidine rings is 1. The van der Waals surface area contributed by atoms with Gasteiger partial charge in [0.05, 0.1) is 0 Å². The third-order valence-corrected chi connectivity index (χ3v) is 2.11. The lowest BCUT2D eigenvalue weighted by atomic mass is 10.1. The maximum absolute atomic E-state index is 11.4. The van der Waals surface area contributed by atoms with Crippen LogP contribution in [0, 0.1) is 0 Å². The van der Waals surface area contributed by atoms with Gasteiger partial charge in [0.15, 0.2) is 0 Å². The van der Waals surface area contributed by atoms with Gasteiger partial charge in [-0.1, -0.05) is 0 Å². The smallest absolute Gasteiger partial charge is 0.408 e.